The van der Waals surface area contributed by atoms with Crippen molar-refractivity contribution in [2.24, 2.45) is 4.99 Å². The van der Waals surface area contributed by atoms with Crippen molar-refractivity contribution in [2.75, 3.05) is 13.6 Å². The lowest BCUT2D eigenvalue weighted by atomic mass is 9.97. The summed E-state index contributed by atoms with van der Waals surface area (Å²) in [5.74, 6) is 1.97. The van der Waals surface area contributed by atoms with Crippen molar-refractivity contribution in [3.63, 3.8) is 0 Å². The number of para-hydroxylation sites is 1. The monoisotopic (exact) mass is 496 g/mol. The molecule has 0 aliphatic carbocycles. The highest BCUT2D eigenvalue weighted by Crippen LogP contribution is 2.22. The molecule has 0 aliphatic rings. The van der Waals surface area contributed by atoms with Crippen LogP contribution in [0.2, 0.25) is 0 Å². The summed E-state index contributed by atoms with van der Waals surface area (Å²) in [4.78, 5) is 12.1. The molecular weight excluding hydrogens is 467 g/mol. The van der Waals surface area contributed by atoms with Crippen LogP contribution in [0.1, 0.15) is 43.7 Å². The van der Waals surface area contributed by atoms with Gasteiger partial charge in [-0.05, 0) is 25.0 Å². The third-order valence-corrected chi connectivity index (χ3v) is 4.44. The van der Waals surface area contributed by atoms with E-state index in [0.717, 1.165) is 18.9 Å². The van der Waals surface area contributed by atoms with Crippen LogP contribution in [-0.4, -0.2) is 34.7 Å². The van der Waals surface area contributed by atoms with Crippen LogP contribution < -0.4 is 10.6 Å². The van der Waals surface area contributed by atoms with Crippen LogP contribution in [-0.2, 0) is 18.4 Å². The number of nitrogens with zero attached hydrogens (tertiary/aromatic N) is 3. The average molecular weight is 496 g/mol. The Morgan fingerprint density at radius 3 is 2.64 bits per heavy atom. The number of halogens is 1. The molecule has 3 rings (SSSR count). The van der Waals surface area contributed by atoms with Crippen LogP contribution in [0.5, 0.6) is 0 Å². The molecule has 0 fully saturated rings. The van der Waals surface area contributed by atoms with Gasteiger partial charge in [0.25, 0.3) is 0 Å². The second kappa shape index (κ2) is 9.40. The lowest BCUT2D eigenvalue weighted by Crippen LogP contribution is -2.38. The summed E-state index contributed by atoms with van der Waals surface area (Å²) < 4.78 is 5.31. The summed E-state index contributed by atoms with van der Waals surface area (Å²) in [7, 11) is 1.75. The molecular formula is C20H29IN6O. The first kappa shape index (κ1) is 22.2. The highest BCUT2D eigenvalue weighted by Gasteiger charge is 2.21. The number of benzene rings is 1. The zero-order chi connectivity index (χ0) is 19.4. The first-order chi connectivity index (χ1) is 12.9. The SMILES string of the molecule is CN=C(NCCc1c(C)[nH]c2ccccc12)NCc1noc(C(C)(C)C)n1.I. The summed E-state index contributed by atoms with van der Waals surface area (Å²) in [6.45, 7) is 9.50. The second-order valence-corrected chi connectivity index (χ2v) is 7.64. The topological polar surface area (TPSA) is 91.1 Å². The minimum atomic E-state index is -0.150. The fraction of sp³-hybridized carbons (Fsp3) is 0.450. The molecule has 1 aromatic carbocycles. The smallest absolute Gasteiger partial charge is 0.232 e. The molecule has 0 atom stereocenters. The maximum absolute atomic E-state index is 5.31. The van der Waals surface area contributed by atoms with Crippen molar-refractivity contribution in [2.45, 2.75) is 46.1 Å². The molecule has 7 nitrogen and oxygen atoms in total. The third-order valence-electron chi connectivity index (χ3n) is 4.44. The Labute approximate surface area is 182 Å². The van der Waals surface area contributed by atoms with E-state index >= 15 is 0 Å². The zero-order valence-electron chi connectivity index (χ0n) is 17.1. The van der Waals surface area contributed by atoms with Gasteiger partial charge >= 0.3 is 0 Å². The van der Waals surface area contributed by atoms with Gasteiger partial charge in [0.1, 0.15) is 0 Å². The quantitative estimate of drug-likeness (QED) is 0.285. The van der Waals surface area contributed by atoms with E-state index in [9.17, 15) is 0 Å². The van der Waals surface area contributed by atoms with Gasteiger partial charge in [0.2, 0.25) is 5.89 Å². The number of fused-ring (bicyclic) bond motifs is 1. The Kier molecular flexibility index (Phi) is 7.45. The molecule has 0 aliphatic heterocycles. The Balaban J connectivity index is 0.00000280. The van der Waals surface area contributed by atoms with Crippen molar-refractivity contribution in [3.8, 4) is 0 Å². The third kappa shape index (κ3) is 5.24. The van der Waals surface area contributed by atoms with Gasteiger partial charge in [-0.25, -0.2) is 0 Å². The van der Waals surface area contributed by atoms with Crippen LogP contribution in [0.25, 0.3) is 10.9 Å². The van der Waals surface area contributed by atoms with Gasteiger partial charge in [0.15, 0.2) is 11.8 Å². The van der Waals surface area contributed by atoms with Crippen molar-refractivity contribution in [3.05, 3.63) is 47.2 Å². The van der Waals surface area contributed by atoms with Crippen molar-refractivity contribution in [1.82, 2.24) is 25.8 Å². The molecule has 152 valence electrons. The molecule has 2 heterocycles. The van der Waals surface area contributed by atoms with E-state index < -0.39 is 0 Å². The number of aryl methyl sites for hydroxylation is 1. The van der Waals surface area contributed by atoms with Gasteiger partial charge in [-0.3, -0.25) is 4.99 Å². The summed E-state index contributed by atoms with van der Waals surface area (Å²) in [6, 6.07) is 8.39. The van der Waals surface area contributed by atoms with Crippen molar-refractivity contribution in [1.29, 1.82) is 0 Å². The normalized spacial score (nSPS) is 12.1. The number of hydrogen-bond acceptors (Lipinski definition) is 4. The maximum Gasteiger partial charge on any atom is 0.232 e. The largest absolute Gasteiger partial charge is 0.358 e. The van der Waals surface area contributed by atoms with E-state index in [4.69, 9.17) is 4.52 Å². The van der Waals surface area contributed by atoms with E-state index in [1.54, 1.807) is 7.05 Å². The van der Waals surface area contributed by atoms with Gasteiger partial charge in [0, 0.05) is 35.6 Å². The summed E-state index contributed by atoms with van der Waals surface area (Å²) in [5, 5.41) is 11.9. The summed E-state index contributed by atoms with van der Waals surface area (Å²) >= 11 is 0. The van der Waals surface area contributed by atoms with Crippen molar-refractivity contribution < 1.29 is 4.52 Å². The Bertz CT molecular complexity index is 938. The standard InChI is InChI=1S/C20H28N6O.HI/c1-13-14(15-8-6-7-9-16(15)24-13)10-11-22-19(21-5)23-12-17-25-18(27-26-17)20(2,3)4;/h6-9,24H,10-12H2,1-5H3,(H2,21,22,23);1H. The molecule has 0 spiro atoms. The minimum Gasteiger partial charge on any atom is -0.358 e. The van der Waals surface area contributed by atoms with Crippen molar-refractivity contribution >= 4 is 40.8 Å². The predicted molar refractivity (Wildman–Crippen MR) is 123 cm³/mol. The number of hydrogen-bond donors (Lipinski definition) is 3. The van der Waals surface area contributed by atoms with Crippen LogP contribution >= 0.6 is 24.0 Å². The molecule has 0 amide bonds. The van der Waals surface area contributed by atoms with E-state index in [1.807, 2.05) is 20.8 Å². The number of aromatic amines is 1. The minimum absolute atomic E-state index is 0. The molecule has 3 aromatic rings. The molecule has 0 bridgehead atoms. The lowest BCUT2D eigenvalue weighted by Gasteiger charge is -2.11. The number of nitrogens with one attached hydrogen (secondary N) is 3. The lowest BCUT2D eigenvalue weighted by molar-refractivity contribution is 0.318. The van der Waals surface area contributed by atoms with Gasteiger partial charge in [-0.2, -0.15) is 4.98 Å². The predicted octanol–water partition coefficient (Wildman–Crippen LogP) is 3.68. The highest BCUT2D eigenvalue weighted by molar-refractivity contribution is 14.0. The van der Waals surface area contributed by atoms with Gasteiger partial charge in [-0.15, -0.1) is 24.0 Å². The number of aliphatic imine (C=N–C) groups is 1. The molecule has 0 saturated heterocycles. The Hall–Kier alpha value is -2.10. The molecule has 0 unspecified atom stereocenters. The van der Waals surface area contributed by atoms with Crippen LogP contribution in [0.15, 0.2) is 33.8 Å². The number of rotatable bonds is 5. The first-order valence-electron chi connectivity index (χ1n) is 9.22. The van der Waals surface area contributed by atoms with Crippen LogP contribution in [0.3, 0.4) is 0 Å². The summed E-state index contributed by atoms with van der Waals surface area (Å²) in [5.41, 5.74) is 3.57. The van der Waals surface area contributed by atoms with Crippen LogP contribution in [0, 0.1) is 6.92 Å². The Morgan fingerprint density at radius 2 is 1.96 bits per heavy atom. The zero-order valence-corrected chi connectivity index (χ0v) is 19.4. The number of aromatic nitrogens is 3. The van der Waals surface area contributed by atoms with Gasteiger partial charge in [0.05, 0.1) is 6.54 Å². The maximum atomic E-state index is 5.31. The highest BCUT2D eigenvalue weighted by atomic mass is 127. The van der Waals surface area contributed by atoms with E-state index in [1.165, 1.54) is 22.2 Å². The molecule has 0 radical (unpaired) electrons. The van der Waals surface area contributed by atoms with Gasteiger partial charge < -0.3 is 20.1 Å². The van der Waals surface area contributed by atoms with E-state index in [2.05, 4.69) is 61.9 Å². The fourth-order valence-electron chi connectivity index (χ4n) is 2.98. The fourth-order valence-corrected chi connectivity index (χ4v) is 2.98. The molecule has 3 N–H and O–H groups in total. The van der Waals surface area contributed by atoms with Gasteiger partial charge in [-0.1, -0.05) is 44.1 Å². The first-order valence-corrected chi connectivity index (χ1v) is 9.22. The van der Waals surface area contributed by atoms with E-state index in [0.29, 0.717) is 18.3 Å². The molecule has 2 aromatic heterocycles. The van der Waals surface area contributed by atoms with Crippen LogP contribution in [0.4, 0.5) is 0 Å². The molecule has 8 heteroatoms. The molecule has 0 saturated carbocycles. The second-order valence-electron chi connectivity index (χ2n) is 7.64. The molecule has 28 heavy (non-hydrogen) atoms. The summed E-state index contributed by atoms with van der Waals surface area (Å²) in [6.07, 6.45) is 0.910. The average Bonchev–Trinajstić information content (AvgIpc) is 3.22. The number of guanidine groups is 1. The Morgan fingerprint density at radius 1 is 1.21 bits per heavy atom. The number of H-pyrrole nitrogens is 1. The van der Waals surface area contributed by atoms with E-state index in [-0.39, 0.29) is 29.4 Å².